The third-order valence-electron chi connectivity index (χ3n) is 3.31. The highest BCUT2D eigenvalue weighted by molar-refractivity contribution is 5.95. The van der Waals surface area contributed by atoms with E-state index in [-0.39, 0.29) is 11.4 Å². The van der Waals surface area contributed by atoms with Gasteiger partial charge in [-0.1, -0.05) is 0 Å². The minimum Gasteiger partial charge on any atom is -0.352 e. The lowest BCUT2D eigenvalue weighted by Gasteiger charge is -2.12. The van der Waals surface area contributed by atoms with Gasteiger partial charge in [0.1, 0.15) is 0 Å². The van der Waals surface area contributed by atoms with E-state index >= 15 is 0 Å². The first-order valence-electron chi connectivity index (χ1n) is 6.19. The first kappa shape index (κ1) is 13.7. The van der Waals surface area contributed by atoms with Crippen LogP contribution in [0.15, 0.2) is 12.3 Å². The number of nitrogens with one attached hydrogen (secondary N) is 2. The molecule has 4 N–H and O–H groups in total. The van der Waals surface area contributed by atoms with Crippen molar-refractivity contribution in [2.75, 3.05) is 32.1 Å². The lowest BCUT2D eigenvalue weighted by atomic mass is 10.1. The Morgan fingerprint density at radius 3 is 3.11 bits per heavy atom. The molecule has 1 amide bonds. The topological polar surface area (TPSA) is 83.3 Å². The molecule has 1 fully saturated rings. The molecule has 1 saturated heterocycles. The number of carbonyl (C=O) groups excluding carboxylic acids is 1. The van der Waals surface area contributed by atoms with Crippen molar-refractivity contribution in [3.63, 3.8) is 0 Å². The molecule has 2 rings (SSSR count). The van der Waals surface area contributed by atoms with Crippen LogP contribution in [-0.2, 0) is 0 Å². The second-order valence-electron chi connectivity index (χ2n) is 4.79. The second kappa shape index (κ2) is 5.94. The second-order valence-corrected chi connectivity index (χ2v) is 4.79. The van der Waals surface area contributed by atoms with Crippen LogP contribution in [0.4, 0.5) is 10.2 Å². The highest BCUT2D eigenvalue weighted by Crippen LogP contribution is 2.15. The fraction of sp³-hybridized carbons (Fsp3) is 0.500. The van der Waals surface area contributed by atoms with Crippen LogP contribution in [0.1, 0.15) is 16.8 Å². The molecule has 0 radical (unpaired) electrons. The van der Waals surface area contributed by atoms with E-state index in [1.54, 1.807) is 0 Å². The molecule has 0 bridgehead atoms. The third kappa shape index (κ3) is 3.18. The van der Waals surface area contributed by atoms with E-state index in [1.807, 2.05) is 7.05 Å². The summed E-state index contributed by atoms with van der Waals surface area (Å²) < 4.78 is 13.8. The molecule has 1 aliphatic rings. The predicted molar refractivity (Wildman–Crippen MR) is 69.9 cm³/mol. The quantitative estimate of drug-likeness (QED) is 0.536. The van der Waals surface area contributed by atoms with Gasteiger partial charge in [-0.25, -0.2) is 15.2 Å². The van der Waals surface area contributed by atoms with Crippen LogP contribution in [0.2, 0.25) is 0 Å². The highest BCUT2D eigenvalue weighted by Gasteiger charge is 2.21. The van der Waals surface area contributed by atoms with Gasteiger partial charge in [0.15, 0.2) is 11.6 Å². The molecule has 1 atom stereocenters. The van der Waals surface area contributed by atoms with Crippen LogP contribution in [-0.4, -0.2) is 42.5 Å². The van der Waals surface area contributed by atoms with Crippen molar-refractivity contribution in [1.82, 2.24) is 15.2 Å². The minimum absolute atomic E-state index is 0.0469. The van der Waals surface area contributed by atoms with Crippen molar-refractivity contribution >= 4 is 11.7 Å². The predicted octanol–water partition coefficient (Wildman–Crippen LogP) is 0.188. The molecule has 1 aliphatic heterocycles. The number of hydrogen-bond donors (Lipinski definition) is 3. The molecule has 6 nitrogen and oxygen atoms in total. The van der Waals surface area contributed by atoms with Gasteiger partial charge in [-0.3, -0.25) is 4.79 Å². The molecular formula is C12H18FN5O. The van der Waals surface area contributed by atoms with Crippen molar-refractivity contribution in [3.8, 4) is 0 Å². The van der Waals surface area contributed by atoms with Gasteiger partial charge in [-0.05, 0) is 32.0 Å². The van der Waals surface area contributed by atoms with E-state index in [2.05, 4.69) is 20.6 Å². The molecule has 1 aromatic rings. The van der Waals surface area contributed by atoms with Gasteiger partial charge in [0, 0.05) is 19.3 Å². The SMILES string of the molecule is CN1CCC(CNC(=O)c2ccnc(NN)c2F)C1. The zero-order valence-electron chi connectivity index (χ0n) is 10.8. The summed E-state index contributed by atoms with van der Waals surface area (Å²) in [5.41, 5.74) is 2.07. The number of hydrazine groups is 1. The van der Waals surface area contributed by atoms with Gasteiger partial charge in [0.2, 0.25) is 0 Å². The average Bonchev–Trinajstić information content (AvgIpc) is 2.82. The van der Waals surface area contributed by atoms with Crippen LogP contribution in [0, 0.1) is 11.7 Å². The molecular weight excluding hydrogens is 249 g/mol. The van der Waals surface area contributed by atoms with E-state index in [0.717, 1.165) is 19.5 Å². The summed E-state index contributed by atoms with van der Waals surface area (Å²) in [6.45, 7) is 2.54. The maximum absolute atomic E-state index is 13.8. The van der Waals surface area contributed by atoms with E-state index < -0.39 is 11.7 Å². The number of hydrogen-bond acceptors (Lipinski definition) is 5. The fourth-order valence-electron chi connectivity index (χ4n) is 2.24. The zero-order chi connectivity index (χ0) is 13.8. The van der Waals surface area contributed by atoms with Crippen LogP contribution < -0.4 is 16.6 Å². The summed E-state index contributed by atoms with van der Waals surface area (Å²) in [5, 5.41) is 2.75. The molecule has 1 aromatic heterocycles. The lowest BCUT2D eigenvalue weighted by Crippen LogP contribution is -2.31. The number of aromatic nitrogens is 1. The fourth-order valence-corrected chi connectivity index (χ4v) is 2.24. The Balaban J connectivity index is 1.96. The maximum Gasteiger partial charge on any atom is 0.254 e. The maximum atomic E-state index is 13.8. The number of amides is 1. The first-order chi connectivity index (χ1) is 9.11. The van der Waals surface area contributed by atoms with E-state index in [9.17, 15) is 9.18 Å². The number of likely N-dealkylation sites (tertiary alicyclic amines) is 1. The van der Waals surface area contributed by atoms with Crippen LogP contribution in [0.3, 0.4) is 0 Å². The molecule has 0 aromatic carbocycles. The van der Waals surface area contributed by atoms with Crippen LogP contribution in [0.25, 0.3) is 0 Å². The Hall–Kier alpha value is -1.73. The van der Waals surface area contributed by atoms with Crippen molar-refractivity contribution in [3.05, 3.63) is 23.6 Å². The van der Waals surface area contributed by atoms with Crippen LogP contribution in [0.5, 0.6) is 0 Å². The molecule has 0 saturated carbocycles. The summed E-state index contributed by atoms with van der Waals surface area (Å²) in [6, 6.07) is 1.34. The van der Waals surface area contributed by atoms with Gasteiger partial charge in [0.05, 0.1) is 5.56 Å². The summed E-state index contributed by atoms with van der Waals surface area (Å²) in [5.74, 6) is 4.24. The van der Waals surface area contributed by atoms with Gasteiger partial charge in [0.25, 0.3) is 5.91 Å². The molecule has 2 heterocycles. The zero-order valence-corrected chi connectivity index (χ0v) is 10.8. The number of anilines is 1. The Morgan fingerprint density at radius 2 is 2.47 bits per heavy atom. The molecule has 104 valence electrons. The Labute approximate surface area is 111 Å². The molecule has 7 heteroatoms. The third-order valence-corrected chi connectivity index (χ3v) is 3.31. The van der Waals surface area contributed by atoms with Gasteiger partial charge < -0.3 is 15.6 Å². The minimum atomic E-state index is -0.731. The number of nitrogens with zero attached hydrogens (tertiary/aromatic N) is 2. The van der Waals surface area contributed by atoms with E-state index in [4.69, 9.17) is 5.84 Å². The number of carbonyl (C=O) groups is 1. The number of nitrogens with two attached hydrogens (primary N) is 1. The number of rotatable bonds is 4. The van der Waals surface area contributed by atoms with Crippen molar-refractivity contribution in [2.24, 2.45) is 11.8 Å². The monoisotopic (exact) mass is 267 g/mol. The Morgan fingerprint density at radius 1 is 1.68 bits per heavy atom. The standard InChI is InChI=1S/C12H18FN5O/c1-18-5-3-8(7-18)6-16-12(19)9-2-4-15-11(17-14)10(9)13/h2,4,8H,3,5-7,14H2,1H3,(H,15,17)(H,16,19). The van der Waals surface area contributed by atoms with Crippen molar-refractivity contribution < 1.29 is 9.18 Å². The number of halogens is 1. The number of nitrogen functional groups attached to an aromatic ring is 1. The molecule has 1 unspecified atom stereocenters. The smallest absolute Gasteiger partial charge is 0.254 e. The highest BCUT2D eigenvalue weighted by atomic mass is 19.1. The van der Waals surface area contributed by atoms with E-state index in [0.29, 0.717) is 12.5 Å². The van der Waals surface area contributed by atoms with Crippen LogP contribution >= 0.6 is 0 Å². The summed E-state index contributed by atoms with van der Waals surface area (Å²) >= 11 is 0. The Bertz CT molecular complexity index is 467. The summed E-state index contributed by atoms with van der Waals surface area (Å²) in [6.07, 6.45) is 2.39. The summed E-state index contributed by atoms with van der Waals surface area (Å²) in [4.78, 5) is 17.8. The van der Waals surface area contributed by atoms with Gasteiger partial charge in [-0.15, -0.1) is 0 Å². The number of pyridine rings is 1. The van der Waals surface area contributed by atoms with E-state index in [1.165, 1.54) is 12.3 Å². The van der Waals surface area contributed by atoms with Gasteiger partial charge >= 0.3 is 0 Å². The van der Waals surface area contributed by atoms with Crippen molar-refractivity contribution in [2.45, 2.75) is 6.42 Å². The summed E-state index contributed by atoms with van der Waals surface area (Å²) in [7, 11) is 2.05. The molecule has 0 spiro atoms. The largest absolute Gasteiger partial charge is 0.352 e. The normalized spacial score (nSPS) is 19.4. The van der Waals surface area contributed by atoms with Crippen molar-refractivity contribution in [1.29, 1.82) is 0 Å². The molecule has 0 aliphatic carbocycles. The average molecular weight is 267 g/mol. The van der Waals surface area contributed by atoms with Gasteiger partial charge in [-0.2, -0.15) is 0 Å². The first-order valence-corrected chi connectivity index (χ1v) is 6.19. The molecule has 19 heavy (non-hydrogen) atoms. The lowest BCUT2D eigenvalue weighted by molar-refractivity contribution is 0.0943. The Kier molecular flexibility index (Phi) is 4.28.